The maximum Gasteiger partial charge on any atom is 0.144 e. The van der Waals surface area contributed by atoms with Crippen LogP contribution in [0.3, 0.4) is 0 Å². The molecule has 1 aromatic carbocycles. The van der Waals surface area contributed by atoms with Crippen LogP contribution in [0.2, 0.25) is 0 Å². The summed E-state index contributed by atoms with van der Waals surface area (Å²) >= 11 is 1.56. The Morgan fingerprint density at radius 2 is 1.89 bits per heavy atom. The molecule has 0 amide bonds. The van der Waals surface area contributed by atoms with Gasteiger partial charge in [-0.1, -0.05) is 0 Å². The van der Waals surface area contributed by atoms with Crippen molar-refractivity contribution in [3.8, 4) is 22.0 Å². The molecule has 3 rings (SSSR count). The number of halogens is 1. The van der Waals surface area contributed by atoms with E-state index >= 15 is 0 Å². The summed E-state index contributed by atoms with van der Waals surface area (Å²) in [5, 5.41) is 0.824. The summed E-state index contributed by atoms with van der Waals surface area (Å²) in [6.07, 6.45) is 4.96. The summed E-state index contributed by atoms with van der Waals surface area (Å²) in [6, 6.07) is 6.35. The summed E-state index contributed by atoms with van der Waals surface area (Å²) in [4.78, 5) is 13.9. The molecule has 3 aromatic rings. The Labute approximate surface area is 113 Å². The molecule has 0 aliphatic carbocycles. The van der Waals surface area contributed by atoms with Crippen molar-refractivity contribution in [1.29, 1.82) is 0 Å². The van der Waals surface area contributed by atoms with Gasteiger partial charge in [0, 0.05) is 22.8 Å². The van der Waals surface area contributed by atoms with Crippen molar-refractivity contribution in [1.82, 2.24) is 15.0 Å². The molecule has 0 aliphatic heterocycles. The van der Waals surface area contributed by atoms with Crippen LogP contribution in [0, 0.1) is 12.7 Å². The van der Waals surface area contributed by atoms with Crippen LogP contribution in [0.25, 0.3) is 22.0 Å². The minimum atomic E-state index is -0.245. The molecule has 19 heavy (non-hydrogen) atoms. The molecule has 2 heterocycles. The second kappa shape index (κ2) is 4.85. The SMILES string of the molecule is Cc1sc(-c2cnccn2)nc1-c1ccc(F)cc1. The van der Waals surface area contributed by atoms with Crippen LogP contribution in [0.15, 0.2) is 42.9 Å². The van der Waals surface area contributed by atoms with E-state index in [1.165, 1.54) is 12.1 Å². The molecule has 3 nitrogen and oxygen atoms in total. The summed E-state index contributed by atoms with van der Waals surface area (Å²) < 4.78 is 12.9. The number of rotatable bonds is 2. The standard InChI is InChI=1S/C14H10FN3S/c1-9-13(10-2-4-11(15)5-3-10)18-14(19-9)12-8-16-6-7-17-12/h2-8H,1H3. The highest BCUT2D eigenvalue weighted by molar-refractivity contribution is 7.15. The van der Waals surface area contributed by atoms with Gasteiger partial charge in [0.2, 0.25) is 0 Å². The van der Waals surface area contributed by atoms with Crippen molar-refractivity contribution in [2.45, 2.75) is 6.92 Å². The third-order valence-corrected chi connectivity index (χ3v) is 3.69. The fourth-order valence-corrected chi connectivity index (χ4v) is 2.69. The average Bonchev–Trinajstić information content (AvgIpc) is 2.83. The Morgan fingerprint density at radius 1 is 1.11 bits per heavy atom. The van der Waals surface area contributed by atoms with Crippen molar-refractivity contribution >= 4 is 11.3 Å². The van der Waals surface area contributed by atoms with Crippen LogP contribution in [0.1, 0.15) is 4.88 Å². The lowest BCUT2D eigenvalue weighted by atomic mass is 10.1. The molecule has 0 aliphatic rings. The fraction of sp³-hybridized carbons (Fsp3) is 0.0714. The first kappa shape index (κ1) is 11.9. The minimum absolute atomic E-state index is 0.245. The summed E-state index contributed by atoms with van der Waals surface area (Å²) in [5.74, 6) is -0.245. The molecular formula is C14H10FN3S. The fourth-order valence-electron chi connectivity index (χ4n) is 1.79. The van der Waals surface area contributed by atoms with Gasteiger partial charge in [-0.2, -0.15) is 0 Å². The summed E-state index contributed by atoms with van der Waals surface area (Å²) in [5.41, 5.74) is 2.53. The minimum Gasteiger partial charge on any atom is -0.261 e. The van der Waals surface area contributed by atoms with E-state index in [9.17, 15) is 4.39 Å². The van der Waals surface area contributed by atoms with Gasteiger partial charge in [0.15, 0.2) is 0 Å². The first-order valence-corrected chi connectivity index (χ1v) is 6.55. The number of benzene rings is 1. The number of nitrogens with zero attached hydrogens (tertiary/aromatic N) is 3. The molecule has 0 fully saturated rings. The van der Waals surface area contributed by atoms with Gasteiger partial charge in [0.25, 0.3) is 0 Å². The predicted octanol–water partition coefficient (Wildman–Crippen LogP) is 3.71. The van der Waals surface area contributed by atoms with Gasteiger partial charge in [0.1, 0.15) is 16.5 Å². The number of hydrogen-bond acceptors (Lipinski definition) is 4. The molecule has 5 heteroatoms. The highest BCUT2D eigenvalue weighted by Gasteiger charge is 2.12. The lowest BCUT2D eigenvalue weighted by Crippen LogP contribution is -1.84. The Morgan fingerprint density at radius 3 is 2.58 bits per heavy atom. The van der Waals surface area contributed by atoms with Crippen molar-refractivity contribution in [2.24, 2.45) is 0 Å². The lowest BCUT2D eigenvalue weighted by molar-refractivity contribution is 0.628. The molecule has 0 bridgehead atoms. The Kier molecular flexibility index (Phi) is 3.05. The van der Waals surface area contributed by atoms with Gasteiger partial charge in [-0.25, -0.2) is 9.37 Å². The van der Waals surface area contributed by atoms with Crippen LogP contribution < -0.4 is 0 Å². The first-order valence-electron chi connectivity index (χ1n) is 5.74. The van der Waals surface area contributed by atoms with E-state index in [0.717, 1.165) is 26.8 Å². The number of hydrogen-bond donors (Lipinski definition) is 0. The molecule has 0 spiro atoms. The maximum atomic E-state index is 12.9. The van der Waals surface area contributed by atoms with E-state index in [-0.39, 0.29) is 5.82 Å². The molecule has 0 unspecified atom stereocenters. The third-order valence-electron chi connectivity index (χ3n) is 2.70. The molecule has 0 saturated heterocycles. The second-order valence-corrected chi connectivity index (χ2v) is 5.22. The van der Waals surface area contributed by atoms with Crippen LogP contribution >= 0.6 is 11.3 Å². The number of aryl methyl sites for hydroxylation is 1. The van der Waals surface area contributed by atoms with Crippen LogP contribution in [-0.2, 0) is 0 Å². The van der Waals surface area contributed by atoms with E-state index in [0.29, 0.717) is 0 Å². The molecule has 0 N–H and O–H groups in total. The van der Waals surface area contributed by atoms with Gasteiger partial charge in [-0.15, -0.1) is 11.3 Å². The van der Waals surface area contributed by atoms with E-state index in [1.54, 1.807) is 42.1 Å². The predicted molar refractivity (Wildman–Crippen MR) is 73.3 cm³/mol. The number of thiazole rings is 1. The van der Waals surface area contributed by atoms with Crippen molar-refractivity contribution in [3.05, 3.63) is 53.6 Å². The van der Waals surface area contributed by atoms with E-state index in [4.69, 9.17) is 0 Å². The highest BCUT2D eigenvalue weighted by atomic mass is 32.1. The van der Waals surface area contributed by atoms with Crippen molar-refractivity contribution in [3.63, 3.8) is 0 Å². The normalized spacial score (nSPS) is 10.6. The lowest BCUT2D eigenvalue weighted by Gasteiger charge is -1.97. The van der Waals surface area contributed by atoms with E-state index in [1.807, 2.05) is 6.92 Å². The highest BCUT2D eigenvalue weighted by Crippen LogP contribution is 2.32. The largest absolute Gasteiger partial charge is 0.261 e. The van der Waals surface area contributed by atoms with E-state index in [2.05, 4.69) is 15.0 Å². The van der Waals surface area contributed by atoms with Crippen molar-refractivity contribution < 1.29 is 4.39 Å². The maximum absolute atomic E-state index is 12.9. The Balaban J connectivity index is 2.05. The zero-order valence-electron chi connectivity index (χ0n) is 10.2. The van der Waals surface area contributed by atoms with Gasteiger partial charge >= 0.3 is 0 Å². The quantitative estimate of drug-likeness (QED) is 0.713. The van der Waals surface area contributed by atoms with Gasteiger partial charge < -0.3 is 0 Å². The Bertz CT molecular complexity index is 692. The summed E-state index contributed by atoms with van der Waals surface area (Å²) in [7, 11) is 0. The first-order chi connectivity index (χ1) is 9.24. The molecule has 0 saturated carbocycles. The van der Waals surface area contributed by atoms with Gasteiger partial charge in [-0.05, 0) is 31.2 Å². The van der Waals surface area contributed by atoms with E-state index < -0.39 is 0 Å². The molecule has 0 atom stereocenters. The number of aromatic nitrogens is 3. The molecular weight excluding hydrogens is 261 g/mol. The van der Waals surface area contributed by atoms with Crippen LogP contribution in [0.5, 0.6) is 0 Å². The van der Waals surface area contributed by atoms with Crippen molar-refractivity contribution in [2.75, 3.05) is 0 Å². The summed E-state index contributed by atoms with van der Waals surface area (Å²) in [6.45, 7) is 2.00. The zero-order chi connectivity index (χ0) is 13.2. The zero-order valence-corrected chi connectivity index (χ0v) is 11.0. The topological polar surface area (TPSA) is 38.7 Å². The van der Waals surface area contributed by atoms with Crippen LogP contribution in [-0.4, -0.2) is 15.0 Å². The molecule has 0 radical (unpaired) electrons. The Hall–Kier alpha value is -2.14. The van der Waals surface area contributed by atoms with Gasteiger partial charge in [0.05, 0.1) is 11.9 Å². The monoisotopic (exact) mass is 271 g/mol. The second-order valence-electron chi connectivity index (χ2n) is 4.02. The third kappa shape index (κ3) is 2.37. The smallest absolute Gasteiger partial charge is 0.144 e. The molecule has 94 valence electrons. The molecule has 2 aromatic heterocycles. The van der Waals surface area contributed by atoms with Crippen LogP contribution in [0.4, 0.5) is 4.39 Å². The van der Waals surface area contributed by atoms with Gasteiger partial charge in [-0.3, -0.25) is 9.97 Å². The average molecular weight is 271 g/mol.